The summed E-state index contributed by atoms with van der Waals surface area (Å²) >= 11 is 1.49. The summed E-state index contributed by atoms with van der Waals surface area (Å²) in [5.41, 5.74) is 1.70. The molecule has 0 saturated carbocycles. The Kier molecular flexibility index (Phi) is 4.96. The van der Waals surface area contributed by atoms with Crippen molar-refractivity contribution in [2.24, 2.45) is 0 Å². The number of hydrogen-bond donors (Lipinski definition) is 2. The number of rotatable bonds is 5. The van der Waals surface area contributed by atoms with Gasteiger partial charge < -0.3 is 19.9 Å². The molecule has 3 heterocycles. The maximum atomic E-state index is 11.7. The number of carbonyl (C=O) groups excluding carboxylic acids is 1. The standard InChI is InChI=1S/C20H17N5O3S/c1-21-19(27)16-10-14(6-8-22-16)28-13-3-4-15-17(11-13)29-20(24-15)25(2)12-5-7-23-18(26)9-12/h3-11H,1-2H3,(H,21,27)(H,23,26). The van der Waals surface area contributed by atoms with Gasteiger partial charge in [0.05, 0.1) is 10.2 Å². The van der Waals surface area contributed by atoms with Crippen molar-refractivity contribution in [2.75, 3.05) is 19.0 Å². The summed E-state index contributed by atoms with van der Waals surface area (Å²) in [6, 6.07) is 12.2. The molecule has 3 aromatic heterocycles. The lowest BCUT2D eigenvalue weighted by molar-refractivity contribution is 0.0958. The van der Waals surface area contributed by atoms with Crippen molar-refractivity contribution >= 4 is 38.3 Å². The van der Waals surface area contributed by atoms with Crippen LogP contribution in [0.15, 0.2) is 59.7 Å². The van der Waals surface area contributed by atoms with Crippen molar-refractivity contribution in [1.82, 2.24) is 20.3 Å². The van der Waals surface area contributed by atoms with Gasteiger partial charge in [-0.3, -0.25) is 14.6 Å². The van der Waals surface area contributed by atoms with Crippen molar-refractivity contribution in [3.05, 3.63) is 70.9 Å². The van der Waals surface area contributed by atoms with E-state index in [2.05, 4.69) is 20.3 Å². The van der Waals surface area contributed by atoms with Gasteiger partial charge in [-0.25, -0.2) is 4.98 Å². The fraction of sp³-hybridized carbons (Fsp3) is 0.100. The van der Waals surface area contributed by atoms with E-state index in [1.165, 1.54) is 23.6 Å². The number of benzene rings is 1. The Morgan fingerprint density at radius 2 is 2.00 bits per heavy atom. The van der Waals surface area contributed by atoms with E-state index in [-0.39, 0.29) is 17.2 Å². The van der Waals surface area contributed by atoms with Crippen molar-refractivity contribution in [1.29, 1.82) is 0 Å². The zero-order valence-corrected chi connectivity index (χ0v) is 16.5. The maximum absolute atomic E-state index is 11.7. The number of aromatic nitrogens is 3. The average Bonchev–Trinajstić information content (AvgIpc) is 3.16. The van der Waals surface area contributed by atoms with Crippen molar-refractivity contribution < 1.29 is 9.53 Å². The predicted octanol–water partition coefficient (Wildman–Crippen LogP) is 3.30. The zero-order chi connectivity index (χ0) is 20.4. The lowest BCUT2D eigenvalue weighted by atomic mass is 10.3. The number of pyridine rings is 2. The zero-order valence-electron chi connectivity index (χ0n) is 15.7. The molecule has 29 heavy (non-hydrogen) atoms. The normalized spacial score (nSPS) is 10.7. The molecule has 4 aromatic rings. The summed E-state index contributed by atoms with van der Waals surface area (Å²) in [6.45, 7) is 0. The van der Waals surface area contributed by atoms with E-state index in [0.717, 1.165) is 21.0 Å². The Hall–Kier alpha value is -3.72. The first-order chi connectivity index (χ1) is 14.0. The monoisotopic (exact) mass is 407 g/mol. The van der Waals surface area contributed by atoms with Gasteiger partial charge in [0.2, 0.25) is 5.56 Å². The second-order valence-corrected chi connectivity index (χ2v) is 7.16. The molecule has 2 N–H and O–H groups in total. The van der Waals surface area contributed by atoms with Crippen LogP contribution < -0.4 is 20.5 Å². The van der Waals surface area contributed by atoms with Crippen LogP contribution >= 0.6 is 11.3 Å². The van der Waals surface area contributed by atoms with Crippen molar-refractivity contribution in [3.8, 4) is 11.5 Å². The Bertz CT molecular complexity index is 1250. The van der Waals surface area contributed by atoms with Crippen LogP contribution in [0.1, 0.15) is 10.5 Å². The number of thiazole rings is 1. The highest BCUT2D eigenvalue weighted by molar-refractivity contribution is 7.22. The molecule has 0 aliphatic heterocycles. The van der Waals surface area contributed by atoms with Crippen LogP contribution in [0.5, 0.6) is 11.5 Å². The third-order valence-corrected chi connectivity index (χ3v) is 5.30. The van der Waals surface area contributed by atoms with Gasteiger partial charge in [-0.05, 0) is 24.3 Å². The molecule has 0 bridgehead atoms. The van der Waals surface area contributed by atoms with Gasteiger partial charge in [0.1, 0.15) is 17.2 Å². The Balaban J connectivity index is 1.60. The minimum atomic E-state index is -0.277. The molecule has 8 nitrogen and oxygen atoms in total. The van der Waals surface area contributed by atoms with Crippen LogP contribution in [-0.4, -0.2) is 35.0 Å². The van der Waals surface area contributed by atoms with Crippen LogP contribution in [-0.2, 0) is 0 Å². The van der Waals surface area contributed by atoms with E-state index in [1.807, 2.05) is 36.2 Å². The smallest absolute Gasteiger partial charge is 0.269 e. The largest absolute Gasteiger partial charge is 0.457 e. The number of nitrogens with one attached hydrogen (secondary N) is 2. The van der Waals surface area contributed by atoms with Crippen molar-refractivity contribution in [2.45, 2.75) is 0 Å². The third kappa shape index (κ3) is 3.94. The number of fused-ring (bicyclic) bond motifs is 1. The van der Waals surface area contributed by atoms with E-state index < -0.39 is 0 Å². The summed E-state index contributed by atoms with van der Waals surface area (Å²) in [5.74, 6) is 0.865. The van der Waals surface area contributed by atoms with E-state index in [1.54, 1.807) is 25.4 Å². The van der Waals surface area contributed by atoms with E-state index in [4.69, 9.17) is 4.74 Å². The number of ether oxygens (including phenoxy) is 1. The Morgan fingerprint density at radius 3 is 2.79 bits per heavy atom. The molecular weight excluding hydrogens is 390 g/mol. The summed E-state index contributed by atoms with van der Waals surface area (Å²) in [7, 11) is 3.41. The van der Waals surface area contributed by atoms with Crippen LogP contribution in [0.25, 0.3) is 10.2 Å². The molecule has 4 rings (SSSR count). The molecular formula is C20H17N5O3S. The van der Waals surface area contributed by atoms with E-state index in [0.29, 0.717) is 11.5 Å². The number of carbonyl (C=O) groups is 1. The molecule has 0 saturated heterocycles. The fourth-order valence-electron chi connectivity index (χ4n) is 2.72. The second kappa shape index (κ2) is 7.72. The predicted molar refractivity (Wildman–Crippen MR) is 112 cm³/mol. The first kappa shape index (κ1) is 18.6. The first-order valence-corrected chi connectivity index (χ1v) is 9.54. The molecule has 0 fully saturated rings. The number of nitrogens with zero attached hydrogens (tertiary/aromatic N) is 3. The van der Waals surface area contributed by atoms with Crippen LogP contribution in [0.2, 0.25) is 0 Å². The summed E-state index contributed by atoms with van der Waals surface area (Å²) in [5, 5.41) is 3.29. The highest BCUT2D eigenvalue weighted by Gasteiger charge is 2.12. The SMILES string of the molecule is CNC(=O)c1cc(Oc2ccc3nc(N(C)c4cc[nH]c(=O)c4)sc3c2)ccn1. The molecule has 0 aliphatic carbocycles. The fourth-order valence-corrected chi connectivity index (χ4v) is 3.69. The molecule has 1 aromatic carbocycles. The highest BCUT2D eigenvalue weighted by atomic mass is 32.1. The van der Waals surface area contributed by atoms with Crippen molar-refractivity contribution in [3.63, 3.8) is 0 Å². The number of aromatic amines is 1. The molecule has 0 radical (unpaired) electrons. The summed E-state index contributed by atoms with van der Waals surface area (Å²) in [4.78, 5) is 36.4. The molecule has 1 amide bonds. The van der Waals surface area contributed by atoms with Crippen LogP contribution in [0, 0.1) is 0 Å². The molecule has 0 spiro atoms. The Morgan fingerprint density at radius 1 is 1.17 bits per heavy atom. The van der Waals surface area contributed by atoms with Gasteiger partial charge in [0, 0.05) is 50.4 Å². The molecule has 146 valence electrons. The third-order valence-electron chi connectivity index (χ3n) is 4.21. The van der Waals surface area contributed by atoms with Gasteiger partial charge in [-0.1, -0.05) is 11.3 Å². The molecule has 0 unspecified atom stereocenters. The summed E-state index contributed by atoms with van der Waals surface area (Å²) < 4.78 is 6.83. The van der Waals surface area contributed by atoms with Crippen LogP contribution in [0.4, 0.5) is 10.8 Å². The number of hydrogen-bond acceptors (Lipinski definition) is 7. The maximum Gasteiger partial charge on any atom is 0.269 e. The van der Waals surface area contributed by atoms with E-state index in [9.17, 15) is 9.59 Å². The Labute approximate surface area is 169 Å². The number of anilines is 2. The van der Waals surface area contributed by atoms with Gasteiger partial charge in [0.15, 0.2) is 5.13 Å². The second-order valence-electron chi connectivity index (χ2n) is 6.15. The van der Waals surface area contributed by atoms with Gasteiger partial charge in [-0.15, -0.1) is 0 Å². The van der Waals surface area contributed by atoms with Crippen LogP contribution in [0.3, 0.4) is 0 Å². The lowest BCUT2D eigenvalue weighted by Gasteiger charge is -2.14. The topological polar surface area (TPSA) is 100 Å². The molecule has 0 aliphatic rings. The minimum absolute atomic E-state index is 0.167. The highest BCUT2D eigenvalue weighted by Crippen LogP contribution is 2.34. The quantitative estimate of drug-likeness (QED) is 0.527. The van der Waals surface area contributed by atoms with E-state index >= 15 is 0 Å². The number of H-pyrrole nitrogens is 1. The first-order valence-electron chi connectivity index (χ1n) is 8.72. The average molecular weight is 407 g/mol. The van der Waals surface area contributed by atoms with Gasteiger partial charge in [0.25, 0.3) is 5.91 Å². The number of amides is 1. The van der Waals surface area contributed by atoms with Gasteiger partial charge in [-0.2, -0.15) is 0 Å². The molecule has 9 heteroatoms. The lowest BCUT2D eigenvalue weighted by Crippen LogP contribution is -2.18. The minimum Gasteiger partial charge on any atom is -0.457 e. The summed E-state index contributed by atoms with van der Waals surface area (Å²) in [6.07, 6.45) is 3.13. The van der Waals surface area contributed by atoms with Gasteiger partial charge >= 0.3 is 0 Å². The molecule has 0 atom stereocenters.